The zero-order chi connectivity index (χ0) is 25.9. The van der Waals surface area contributed by atoms with Gasteiger partial charge in [0.25, 0.3) is 0 Å². The van der Waals surface area contributed by atoms with Gasteiger partial charge in [0.15, 0.2) is 0 Å². The fraction of sp³-hybridized carbons (Fsp3) is 0.643. The summed E-state index contributed by atoms with van der Waals surface area (Å²) in [6.07, 6.45) is -1.07. The molecule has 2 saturated heterocycles. The standard InChI is InChI=1S/C28H46N4O4/c1-23(2)17-29-9-13-31(14-10-29)19-25(33)21-35-27-5-7-28(8-6-27)36-22-26(34)20-32-15-11-30(12-16-32)18-24(3)4/h5-8,25-26,33-34H,1,3,9-22H2,2,4H3/t25-,26-/m0/s1. The summed E-state index contributed by atoms with van der Waals surface area (Å²) >= 11 is 0. The van der Waals surface area contributed by atoms with E-state index in [-0.39, 0.29) is 13.2 Å². The lowest BCUT2D eigenvalue weighted by atomic mass is 10.2. The van der Waals surface area contributed by atoms with Crippen LogP contribution in [0.15, 0.2) is 48.6 Å². The van der Waals surface area contributed by atoms with E-state index in [4.69, 9.17) is 9.47 Å². The molecule has 36 heavy (non-hydrogen) atoms. The Bertz CT molecular complexity index is 735. The first kappa shape index (κ1) is 28.6. The number of aliphatic hydroxyl groups is 2. The number of β-amino-alcohol motifs (C(OH)–C–C–N with tert-alkyl or cyclic N) is 2. The van der Waals surface area contributed by atoms with E-state index >= 15 is 0 Å². The Labute approximate surface area is 217 Å². The molecule has 3 rings (SSSR count). The van der Waals surface area contributed by atoms with Gasteiger partial charge < -0.3 is 19.7 Å². The molecule has 2 fully saturated rings. The smallest absolute Gasteiger partial charge is 0.119 e. The van der Waals surface area contributed by atoms with Gasteiger partial charge in [0.05, 0.1) is 0 Å². The van der Waals surface area contributed by atoms with Gasteiger partial charge in [-0.2, -0.15) is 0 Å². The van der Waals surface area contributed by atoms with Crippen LogP contribution in [0.5, 0.6) is 11.5 Å². The minimum Gasteiger partial charge on any atom is -0.491 e. The van der Waals surface area contributed by atoms with E-state index in [9.17, 15) is 10.2 Å². The third kappa shape index (κ3) is 10.6. The lowest BCUT2D eigenvalue weighted by Gasteiger charge is -2.35. The largest absolute Gasteiger partial charge is 0.491 e. The van der Waals surface area contributed by atoms with Crippen molar-refractivity contribution in [3.8, 4) is 11.5 Å². The number of rotatable bonds is 14. The van der Waals surface area contributed by atoms with Crippen LogP contribution in [0.4, 0.5) is 0 Å². The predicted octanol–water partition coefficient (Wildman–Crippen LogP) is 1.55. The highest BCUT2D eigenvalue weighted by Gasteiger charge is 2.20. The number of aliphatic hydroxyl groups excluding tert-OH is 2. The van der Waals surface area contributed by atoms with Crippen molar-refractivity contribution >= 4 is 0 Å². The van der Waals surface area contributed by atoms with Crippen molar-refractivity contribution in [2.45, 2.75) is 26.1 Å². The minimum atomic E-state index is -0.536. The number of nitrogens with zero attached hydrogens (tertiary/aromatic N) is 4. The van der Waals surface area contributed by atoms with E-state index < -0.39 is 12.2 Å². The molecule has 2 atom stereocenters. The SMILES string of the molecule is C=C(C)CN1CCN(C[C@H](O)COc2ccc(OC[C@@H](O)CN3CCN(CC(=C)C)CC3)cc2)CC1. The highest BCUT2D eigenvalue weighted by molar-refractivity contribution is 5.31. The van der Waals surface area contributed by atoms with Gasteiger partial charge in [-0.15, -0.1) is 0 Å². The van der Waals surface area contributed by atoms with Crippen LogP contribution in [0, 0.1) is 0 Å². The maximum absolute atomic E-state index is 10.4. The minimum absolute atomic E-state index is 0.254. The number of hydrogen-bond donors (Lipinski definition) is 2. The normalized spacial score (nSPS) is 20.1. The molecule has 2 aliphatic rings. The summed E-state index contributed by atoms with van der Waals surface area (Å²) in [5.41, 5.74) is 2.38. The van der Waals surface area contributed by atoms with Gasteiger partial charge >= 0.3 is 0 Å². The summed E-state index contributed by atoms with van der Waals surface area (Å²) in [5, 5.41) is 20.8. The molecule has 0 saturated carbocycles. The second-order valence-corrected chi connectivity index (χ2v) is 10.5. The van der Waals surface area contributed by atoms with Crippen molar-refractivity contribution in [1.82, 2.24) is 19.6 Å². The Balaban J connectivity index is 1.28. The Morgan fingerprint density at radius 1 is 0.667 bits per heavy atom. The highest BCUT2D eigenvalue weighted by atomic mass is 16.5. The summed E-state index contributed by atoms with van der Waals surface area (Å²) in [5.74, 6) is 1.39. The molecule has 0 radical (unpaired) electrons. The van der Waals surface area contributed by atoms with Crippen LogP contribution in [0.3, 0.4) is 0 Å². The molecule has 0 spiro atoms. The van der Waals surface area contributed by atoms with Crippen molar-refractivity contribution < 1.29 is 19.7 Å². The van der Waals surface area contributed by atoms with E-state index in [1.807, 2.05) is 24.3 Å². The van der Waals surface area contributed by atoms with Gasteiger partial charge in [0.1, 0.15) is 36.9 Å². The first-order valence-electron chi connectivity index (χ1n) is 13.2. The fourth-order valence-electron chi connectivity index (χ4n) is 4.74. The van der Waals surface area contributed by atoms with Crippen LogP contribution in [-0.2, 0) is 0 Å². The molecule has 0 unspecified atom stereocenters. The first-order chi connectivity index (χ1) is 17.3. The van der Waals surface area contributed by atoms with E-state index in [0.717, 1.165) is 65.4 Å². The molecule has 0 bridgehead atoms. The molecular weight excluding hydrogens is 456 g/mol. The molecule has 0 aromatic heterocycles. The monoisotopic (exact) mass is 502 g/mol. The maximum atomic E-state index is 10.4. The Morgan fingerprint density at radius 3 is 1.28 bits per heavy atom. The van der Waals surface area contributed by atoms with Gasteiger partial charge in [-0.3, -0.25) is 19.6 Å². The van der Waals surface area contributed by atoms with Gasteiger partial charge in [0, 0.05) is 78.5 Å². The molecule has 1 aromatic rings. The molecule has 8 nitrogen and oxygen atoms in total. The van der Waals surface area contributed by atoms with Crippen molar-refractivity contribution in [3.63, 3.8) is 0 Å². The van der Waals surface area contributed by atoms with E-state index in [1.165, 1.54) is 11.1 Å². The number of benzene rings is 1. The zero-order valence-electron chi connectivity index (χ0n) is 22.3. The van der Waals surface area contributed by atoms with Crippen LogP contribution >= 0.6 is 0 Å². The van der Waals surface area contributed by atoms with Crippen LogP contribution in [-0.4, -0.2) is 134 Å². The molecule has 2 heterocycles. The van der Waals surface area contributed by atoms with Crippen molar-refractivity contribution in [1.29, 1.82) is 0 Å². The topological polar surface area (TPSA) is 71.9 Å². The third-order valence-corrected chi connectivity index (χ3v) is 6.56. The van der Waals surface area contributed by atoms with Gasteiger partial charge in [-0.1, -0.05) is 24.3 Å². The molecule has 8 heteroatoms. The molecule has 0 aliphatic carbocycles. The molecule has 2 aliphatic heterocycles. The Hall–Kier alpha value is -1.94. The molecule has 2 N–H and O–H groups in total. The average molecular weight is 503 g/mol. The fourth-order valence-corrected chi connectivity index (χ4v) is 4.74. The Morgan fingerprint density at radius 2 is 0.972 bits per heavy atom. The number of ether oxygens (including phenoxy) is 2. The number of piperazine rings is 2. The zero-order valence-corrected chi connectivity index (χ0v) is 22.3. The summed E-state index contributed by atoms with van der Waals surface area (Å²) in [7, 11) is 0. The average Bonchev–Trinajstić information content (AvgIpc) is 2.84. The van der Waals surface area contributed by atoms with Crippen LogP contribution in [0.2, 0.25) is 0 Å². The van der Waals surface area contributed by atoms with Gasteiger partial charge in [-0.25, -0.2) is 0 Å². The van der Waals surface area contributed by atoms with Gasteiger partial charge in [-0.05, 0) is 38.1 Å². The van der Waals surface area contributed by atoms with Gasteiger partial charge in [0.2, 0.25) is 0 Å². The van der Waals surface area contributed by atoms with E-state index in [2.05, 4.69) is 46.6 Å². The molecule has 1 aromatic carbocycles. The molecular formula is C28H46N4O4. The molecule has 202 valence electrons. The Kier molecular flexibility index (Phi) is 11.7. The van der Waals surface area contributed by atoms with Crippen LogP contribution < -0.4 is 9.47 Å². The second kappa shape index (κ2) is 14.7. The third-order valence-electron chi connectivity index (χ3n) is 6.56. The number of hydrogen-bond acceptors (Lipinski definition) is 8. The predicted molar refractivity (Wildman–Crippen MR) is 145 cm³/mol. The summed E-state index contributed by atoms with van der Waals surface area (Å²) in [6, 6.07) is 7.36. The van der Waals surface area contributed by atoms with Crippen molar-refractivity contribution in [2.24, 2.45) is 0 Å². The van der Waals surface area contributed by atoms with E-state index in [1.54, 1.807) is 0 Å². The molecule has 0 amide bonds. The highest BCUT2D eigenvalue weighted by Crippen LogP contribution is 2.18. The van der Waals surface area contributed by atoms with E-state index in [0.29, 0.717) is 24.6 Å². The lowest BCUT2D eigenvalue weighted by Crippen LogP contribution is -2.49. The summed E-state index contributed by atoms with van der Waals surface area (Å²) < 4.78 is 11.6. The van der Waals surface area contributed by atoms with Crippen LogP contribution in [0.1, 0.15) is 13.8 Å². The second-order valence-electron chi connectivity index (χ2n) is 10.5. The van der Waals surface area contributed by atoms with Crippen molar-refractivity contribution in [3.05, 3.63) is 48.6 Å². The van der Waals surface area contributed by atoms with Crippen molar-refractivity contribution in [2.75, 3.05) is 91.8 Å². The summed E-state index contributed by atoms with van der Waals surface area (Å²) in [4.78, 5) is 9.37. The summed E-state index contributed by atoms with van der Waals surface area (Å²) in [6.45, 7) is 23.6. The first-order valence-corrected chi connectivity index (χ1v) is 13.2. The maximum Gasteiger partial charge on any atom is 0.119 e. The lowest BCUT2D eigenvalue weighted by molar-refractivity contribution is 0.0468. The van der Waals surface area contributed by atoms with Crippen LogP contribution in [0.25, 0.3) is 0 Å². The quantitative estimate of drug-likeness (QED) is 0.372.